The molecule has 1 saturated heterocycles. The zero-order valence-corrected chi connectivity index (χ0v) is 34.4. The zero-order chi connectivity index (χ0) is 37.9. The number of hydrogen-bond acceptors (Lipinski definition) is 9. The van der Waals surface area contributed by atoms with Gasteiger partial charge in [-0.15, -0.1) is 0 Å². The Balaban J connectivity index is 1.34. The van der Waals surface area contributed by atoms with E-state index in [4.69, 9.17) is 0 Å². The van der Waals surface area contributed by atoms with Gasteiger partial charge in [-0.2, -0.15) is 0 Å². The van der Waals surface area contributed by atoms with Crippen LogP contribution in [0.4, 0.5) is 0 Å². The Morgan fingerprint density at radius 1 is 0.962 bits per heavy atom. The lowest BCUT2D eigenvalue weighted by molar-refractivity contribution is -0.159. The molecule has 0 aromatic carbocycles. The van der Waals surface area contributed by atoms with E-state index in [1.807, 2.05) is 34.1 Å². The number of allylic oxidation sites excluding steroid dienone is 2. The number of imidazole rings is 1. The molecule has 1 aromatic rings. The van der Waals surface area contributed by atoms with Crippen LogP contribution in [0.1, 0.15) is 131 Å². The zero-order valence-electron chi connectivity index (χ0n) is 32.8. The Hall–Kier alpha value is -1.14. The fraction of sp³-hybridized carbons (Fsp3) is 0.814. The van der Waals surface area contributed by atoms with E-state index in [0.717, 1.165) is 56.3 Å². The summed E-state index contributed by atoms with van der Waals surface area (Å²) >= 11 is 0. The minimum absolute atomic E-state index is 0.0178. The monoisotopic (exact) mass is 770 g/mol. The predicted molar refractivity (Wildman–Crippen MR) is 213 cm³/mol. The molecule has 0 spiro atoms. The Bertz CT molecular complexity index is 1540. The molecule has 6 aliphatic rings. The van der Waals surface area contributed by atoms with Crippen LogP contribution in [0.5, 0.6) is 0 Å². The van der Waals surface area contributed by atoms with Crippen LogP contribution in [0.3, 0.4) is 0 Å². The van der Waals surface area contributed by atoms with Gasteiger partial charge < -0.3 is 30.1 Å². The van der Waals surface area contributed by atoms with E-state index >= 15 is 0 Å². The summed E-state index contributed by atoms with van der Waals surface area (Å²) in [7, 11) is 3.72. The molecule has 53 heavy (non-hydrogen) atoms. The Morgan fingerprint density at radius 3 is 2.42 bits per heavy atom. The number of nitrogens with zero attached hydrogens (tertiary/aromatic N) is 2. The van der Waals surface area contributed by atoms with Crippen LogP contribution in [0.15, 0.2) is 41.5 Å². The molecule has 7 rings (SSSR count). The largest absolute Gasteiger partial charge is 0.396 e. The topological polar surface area (TPSA) is 136 Å². The highest BCUT2D eigenvalue weighted by Gasteiger charge is 2.71. The number of carbonyl (C=O) groups excluding carboxylic acids is 1. The fourth-order valence-corrected chi connectivity index (χ4v) is 16.2. The number of fused-ring (bicyclic) bond motifs is 9. The van der Waals surface area contributed by atoms with Crippen LogP contribution >= 0.6 is 21.6 Å². The van der Waals surface area contributed by atoms with Crippen molar-refractivity contribution in [1.82, 2.24) is 9.55 Å². The average molecular weight is 771 g/mol. The molecule has 1 aliphatic heterocycles. The van der Waals surface area contributed by atoms with Crippen LogP contribution in [0.25, 0.3) is 0 Å². The van der Waals surface area contributed by atoms with Gasteiger partial charge in [0.1, 0.15) is 0 Å². The standard InChI is InChI=1S/C43H66N2O6S2/c1-26-30-18-34(43(51)32-20-36(48)33-21-37(49)38(50)23-41(33,4)29(32)13-14-42(30,43)5)39(12-9-17-46)53-52-24-28(45-16-15-44-25-45)22-40(2,3)31(19-35(26)47)27-10-7-6-8-11-27/h15-16,20,25-26,28-30,33-35,37-39,46-47,49-51H,6-14,17-19,21-24H2,1-5H3. The van der Waals surface area contributed by atoms with Gasteiger partial charge >= 0.3 is 0 Å². The van der Waals surface area contributed by atoms with Crippen molar-refractivity contribution in [3.8, 4) is 0 Å². The van der Waals surface area contributed by atoms with E-state index in [9.17, 15) is 30.3 Å². The van der Waals surface area contributed by atoms with Gasteiger partial charge in [0, 0.05) is 53.3 Å². The molecule has 13 atom stereocenters. The summed E-state index contributed by atoms with van der Waals surface area (Å²) in [6, 6.07) is 0.188. The number of aliphatic hydroxyl groups is 5. The summed E-state index contributed by atoms with van der Waals surface area (Å²) in [5.41, 5.74) is 1.24. The summed E-state index contributed by atoms with van der Waals surface area (Å²) in [4.78, 5) is 18.6. The van der Waals surface area contributed by atoms with Crippen LogP contribution in [-0.4, -0.2) is 82.4 Å². The molecular formula is C43H66N2O6S2. The Kier molecular flexibility index (Phi) is 11.6. The fourth-order valence-electron chi connectivity index (χ4n) is 12.9. The second-order valence-corrected chi connectivity index (χ2v) is 21.8. The molecule has 10 heteroatoms. The first-order valence-corrected chi connectivity index (χ1v) is 23.1. The van der Waals surface area contributed by atoms with Crippen molar-refractivity contribution < 1.29 is 30.3 Å². The van der Waals surface area contributed by atoms with Crippen LogP contribution in [0, 0.1) is 45.8 Å². The third-order valence-corrected chi connectivity index (χ3v) is 18.9. The summed E-state index contributed by atoms with van der Waals surface area (Å²) in [5, 5.41) is 58.2. The van der Waals surface area contributed by atoms with Crippen LogP contribution in [0.2, 0.25) is 0 Å². The highest BCUT2D eigenvalue weighted by atomic mass is 33.1. The minimum atomic E-state index is -1.29. The molecule has 2 heterocycles. The van der Waals surface area contributed by atoms with E-state index in [2.05, 4.69) is 50.4 Å². The first-order valence-electron chi connectivity index (χ1n) is 20.8. The summed E-state index contributed by atoms with van der Waals surface area (Å²) in [6.45, 7) is 11.4. The molecule has 4 saturated carbocycles. The summed E-state index contributed by atoms with van der Waals surface area (Å²) in [5.74, 6) is 0.118. The lowest BCUT2D eigenvalue weighted by Gasteiger charge is -2.61. The van der Waals surface area contributed by atoms with Crippen molar-refractivity contribution in [1.29, 1.82) is 0 Å². The quantitative estimate of drug-likeness (QED) is 0.156. The first-order chi connectivity index (χ1) is 25.2. The van der Waals surface area contributed by atoms with E-state index in [-0.39, 0.29) is 65.1 Å². The number of aromatic nitrogens is 2. The van der Waals surface area contributed by atoms with Crippen molar-refractivity contribution in [2.45, 2.75) is 160 Å². The van der Waals surface area contributed by atoms with Gasteiger partial charge in [-0.25, -0.2) is 4.98 Å². The van der Waals surface area contributed by atoms with E-state index in [1.54, 1.807) is 6.08 Å². The van der Waals surface area contributed by atoms with Gasteiger partial charge in [-0.05, 0) is 124 Å². The minimum Gasteiger partial charge on any atom is -0.396 e. The van der Waals surface area contributed by atoms with Crippen molar-refractivity contribution in [3.63, 3.8) is 0 Å². The number of hydrogen-bond donors (Lipinski definition) is 5. The van der Waals surface area contributed by atoms with E-state index < -0.39 is 34.7 Å². The average Bonchev–Trinajstić information content (AvgIpc) is 3.74. The highest BCUT2D eigenvalue weighted by molar-refractivity contribution is 8.76. The molecule has 0 radical (unpaired) electrons. The second-order valence-electron chi connectivity index (χ2n) is 19.2. The molecule has 13 unspecified atom stereocenters. The molecule has 0 amide bonds. The third-order valence-electron chi connectivity index (χ3n) is 15.9. The SMILES string of the molecule is CC1C(O)CC(=C2CCCCC2)C(C)(C)CC(n2ccnc2)CSSC(CCCO)C2CC1C1(C)CCC3C(=CC(=O)C4CC(O)C(O)CC43C)C21O. The van der Waals surface area contributed by atoms with Crippen molar-refractivity contribution in [2.24, 2.45) is 45.8 Å². The molecule has 8 nitrogen and oxygen atoms in total. The lowest BCUT2D eigenvalue weighted by Crippen LogP contribution is -2.63. The lowest BCUT2D eigenvalue weighted by atomic mass is 9.45. The van der Waals surface area contributed by atoms with Crippen LogP contribution in [-0.2, 0) is 4.79 Å². The van der Waals surface area contributed by atoms with Crippen molar-refractivity contribution >= 4 is 27.4 Å². The summed E-state index contributed by atoms with van der Waals surface area (Å²) in [6.07, 6.45) is 17.0. The van der Waals surface area contributed by atoms with Gasteiger partial charge in [0.2, 0.25) is 0 Å². The molecule has 2 bridgehead atoms. The summed E-state index contributed by atoms with van der Waals surface area (Å²) < 4.78 is 2.25. The number of ketones is 1. The van der Waals surface area contributed by atoms with Gasteiger partial charge in [0.25, 0.3) is 0 Å². The molecule has 5 N–H and O–H groups in total. The molecule has 296 valence electrons. The number of aliphatic hydroxyl groups excluding tert-OH is 4. The van der Waals surface area contributed by atoms with Gasteiger partial charge in [-0.1, -0.05) is 73.8 Å². The molecular weight excluding hydrogens is 705 g/mol. The maximum atomic E-state index is 14.2. The maximum Gasteiger partial charge on any atom is 0.159 e. The van der Waals surface area contributed by atoms with Gasteiger partial charge in [0.15, 0.2) is 5.78 Å². The van der Waals surface area contributed by atoms with E-state index in [0.29, 0.717) is 19.3 Å². The van der Waals surface area contributed by atoms with Crippen LogP contribution < -0.4 is 0 Å². The van der Waals surface area contributed by atoms with Gasteiger partial charge in [0.05, 0.1) is 30.2 Å². The smallest absolute Gasteiger partial charge is 0.159 e. The first kappa shape index (κ1) is 40.1. The van der Waals surface area contributed by atoms with E-state index in [1.165, 1.54) is 30.4 Å². The Labute approximate surface area is 325 Å². The van der Waals surface area contributed by atoms with Gasteiger partial charge in [-0.3, -0.25) is 4.79 Å². The normalized spacial score (nSPS) is 45.1. The predicted octanol–water partition coefficient (Wildman–Crippen LogP) is 7.46. The molecule has 1 aromatic heterocycles. The number of carbonyl (C=O) groups is 1. The van der Waals surface area contributed by atoms with Crippen molar-refractivity contribution in [3.05, 3.63) is 41.5 Å². The third kappa shape index (κ3) is 6.88. The molecule has 5 fully saturated rings. The molecule has 5 aliphatic carbocycles. The maximum absolute atomic E-state index is 14.2. The Morgan fingerprint density at radius 2 is 1.72 bits per heavy atom. The van der Waals surface area contributed by atoms with Crippen molar-refractivity contribution in [2.75, 3.05) is 12.4 Å². The number of rotatable bonds is 4. The highest BCUT2D eigenvalue weighted by Crippen LogP contribution is 2.71. The second kappa shape index (κ2) is 15.3.